The maximum atomic E-state index is 12.3. The van der Waals surface area contributed by atoms with Gasteiger partial charge >= 0.3 is 0 Å². The fourth-order valence-electron chi connectivity index (χ4n) is 2.37. The Kier molecular flexibility index (Phi) is 4.94. The minimum atomic E-state index is -0.531. The molecule has 26 heavy (non-hydrogen) atoms. The molecule has 0 radical (unpaired) electrons. The average molecular weight is 347 g/mol. The van der Waals surface area contributed by atoms with E-state index >= 15 is 0 Å². The summed E-state index contributed by atoms with van der Waals surface area (Å²) in [7, 11) is 0. The number of pyridine rings is 1. The monoisotopic (exact) mass is 347 g/mol. The molecule has 0 saturated carbocycles. The van der Waals surface area contributed by atoms with Crippen LogP contribution in [0.25, 0.3) is 0 Å². The number of ether oxygens (including phenoxy) is 1. The van der Waals surface area contributed by atoms with E-state index in [1.54, 1.807) is 42.7 Å². The zero-order valence-electron chi connectivity index (χ0n) is 14.1. The zero-order valence-corrected chi connectivity index (χ0v) is 14.1. The number of anilines is 1. The lowest BCUT2D eigenvalue weighted by atomic mass is 10.1. The molecule has 130 valence electrons. The third-order valence-corrected chi connectivity index (χ3v) is 3.73. The Bertz CT molecular complexity index is 938. The highest BCUT2D eigenvalue weighted by Gasteiger charge is 2.09. The topological polar surface area (TPSA) is 94.3 Å². The molecule has 0 bridgehead atoms. The van der Waals surface area contributed by atoms with Crippen molar-refractivity contribution in [3.63, 3.8) is 0 Å². The number of amides is 2. The fraction of sp³-hybridized carbons (Fsp3) is 0.0500. The molecule has 1 aromatic heterocycles. The summed E-state index contributed by atoms with van der Waals surface area (Å²) in [6.07, 6.45) is 3.30. The first-order valence-electron chi connectivity index (χ1n) is 7.92. The molecule has 0 atom stereocenters. The highest BCUT2D eigenvalue weighted by molar-refractivity contribution is 6.05. The second-order valence-corrected chi connectivity index (χ2v) is 5.67. The van der Waals surface area contributed by atoms with E-state index in [9.17, 15) is 9.59 Å². The quantitative estimate of drug-likeness (QED) is 0.738. The Morgan fingerprint density at radius 3 is 2.38 bits per heavy atom. The summed E-state index contributed by atoms with van der Waals surface area (Å²) >= 11 is 0. The van der Waals surface area contributed by atoms with Crippen molar-refractivity contribution in [2.75, 3.05) is 5.32 Å². The van der Waals surface area contributed by atoms with Gasteiger partial charge in [0.15, 0.2) is 0 Å². The van der Waals surface area contributed by atoms with Crippen molar-refractivity contribution < 1.29 is 14.3 Å². The minimum Gasteiger partial charge on any atom is -0.455 e. The maximum Gasteiger partial charge on any atom is 0.255 e. The molecule has 0 aliphatic heterocycles. The van der Waals surface area contributed by atoms with Crippen LogP contribution in [0, 0.1) is 6.92 Å². The molecule has 6 nitrogen and oxygen atoms in total. The number of nitrogens with one attached hydrogen (secondary N) is 1. The van der Waals surface area contributed by atoms with Gasteiger partial charge in [0.2, 0.25) is 5.91 Å². The van der Waals surface area contributed by atoms with Gasteiger partial charge in [-0.25, -0.2) is 0 Å². The summed E-state index contributed by atoms with van der Waals surface area (Å²) in [6.45, 7) is 1.89. The summed E-state index contributed by atoms with van der Waals surface area (Å²) in [5.74, 6) is 0.516. The van der Waals surface area contributed by atoms with Crippen LogP contribution in [0.5, 0.6) is 11.5 Å². The Morgan fingerprint density at radius 1 is 1.04 bits per heavy atom. The van der Waals surface area contributed by atoms with E-state index in [-0.39, 0.29) is 5.91 Å². The summed E-state index contributed by atoms with van der Waals surface area (Å²) in [5, 5.41) is 2.82. The van der Waals surface area contributed by atoms with Crippen LogP contribution < -0.4 is 15.8 Å². The fourth-order valence-corrected chi connectivity index (χ4v) is 2.37. The van der Waals surface area contributed by atoms with Crippen LogP contribution in [-0.2, 0) is 0 Å². The number of primary amides is 1. The van der Waals surface area contributed by atoms with Gasteiger partial charge in [0.05, 0.1) is 6.20 Å². The highest BCUT2D eigenvalue weighted by Crippen LogP contribution is 2.27. The maximum absolute atomic E-state index is 12.3. The van der Waals surface area contributed by atoms with Crippen molar-refractivity contribution in [1.29, 1.82) is 0 Å². The summed E-state index contributed by atoms with van der Waals surface area (Å²) < 4.78 is 5.77. The smallest absolute Gasteiger partial charge is 0.255 e. The summed E-state index contributed by atoms with van der Waals surface area (Å²) in [4.78, 5) is 27.4. The SMILES string of the molecule is Cc1cc(NC(=O)c2ccc(C(N)=O)cc2)ccc1Oc1cccnc1. The van der Waals surface area contributed by atoms with Crippen LogP contribution in [0.4, 0.5) is 5.69 Å². The summed E-state index contributed by atoms with van der Waals surface area (Å²) in [6, 6.07) is 15.1. The third-order valence-electron chi connectivity index (χ3n) is 3.73. The molecule has 0 saturated heterocycles. The number of benzene rings is 2. The predicted octanol–water partition coefficient (Wildman–Crippen LogP) is 3.53. The first-order valence-corrected chi connectivity index (χ1v) is 7.92. The number of rotatable bonds is 5. The zero-order chi connectivity index (χ0) is 18.5. The van der Waals surface area contributed by atoms with Gasteiger partial charge in [-0.05, 0) is 67.1 Å². The normalized spacial score (nSPS) is 10.2. The van der Waals surface area contributed by atoms with Crippen molar-refractivity contribution in [2.45, 2.75) is 6.92 Å². The van der Waals surface area contributed by atoms with Gasteiger partial charge < -0.3 is 15.8 Å². The molecule has 0 aliphatic carbocycles. The lowest BCUT2D eigenvalue weighted by Crippen LogP contribution is -2.14. The first kappa shape index (κ1) is 17.2. The molecule has 2 aromatic carbocycles. The van der Waals surface area contributed by atoms with Crippen molar-refractivity contribution >= 4 is 17.5 Å². The van der Waals surface area contributed by atoms with Crippen LogP contribution in [0.1, 0.15) is 26.3 Å². The lowest BCUT2D eigenvalue weighted by molar-refractivity contribution is 0.0995. The largest absolute Gasteiger partial charge is 0.455 e. The molecule has 0 fully saturated rings. The van der Waals surface area contributed by atoms with Crippen LogP contribution >= 0.6 is 0 Å². The van der Waals surface area contributed by atoms with Gasteiger partial charge in [0.1, 0.15) is 11.5 Å². The number of hydrogen-bond donors (Lipinski definition) is 2. The van der Waals surface area contributed by atoms with E-state index in [1.807, 2.05) is 19.1 Å². The van der Waals surface area contributed by atoms with Crippen LogP contribution in [0.15, 0.2) is 67.0 Å². The molecule has 6 heteroatoms. The van der Waals surface area contributed by atoms with Gasteiger partial charge in [-0.15, -0.1) is 0 Å². The van der Waals surface area contributed by atoms with Gasteiger partial charge in [0, 0.05) is 23.0 Å². The Balaban J connectivity index is 1.71. The standard InChI is InChI=1S/C20H17N3O3/c1-13-11-16(8-9-18(13)26-17-3-2-10-22-12-17)23-20(25)15-6-4-14(5-7-15)19(21)24/h2-12H,1H3,(H2,21,24)(H,23,25). The summed E-state index contributed by atoms with van der Waals surface area (Å²) in [5.41, 5.74) is 7.50. The first-order chi connectivity index (χ1) is 12.5. The Labute approximate surface area is 150 Å². The van der Waals surface area contributed by atoms with Crippen molar-refractivity contribution in [2.24, 2.45) is 5.73 Å². The van der Waals surface area contributed by atoms with E-state index in [4.69, 9.17) is 10.5 Å². The molecule has 3 N–H and O–H groups in total. The van der Waals surface area contributed by atoms with Crippen molar-refractivity contribution in [1.82, 2.24) is 4.98 Å². The van der Waals surface area contributed by atoms with Crippen molar-refractivity contribution in [3.8, 4) is 11.5 Å². The van der Waals surface area contributed by atoms with E-state index in [1.165, 1.54) is 12.1 Å². The van der Waals surface area contributed by atoms with E-state index in [0.29, 0.717) is 28.3 Å². The third kappa shape index (κ3) is 4.05. The number of nitrogens with two attached hydrogens (primary N) is 1. The molecular formula is C20H17N3O3. The average Bonchev–Trinajstić information content (AvgIpc) is 2.65. The predicted molar refractivity (Wildman–Crippen MR) is 98.4 cm³/mol. The van der Waals surface area contributed by atoms with Gasteiger partial charge in [0.25, 0.3) is 5.91 Å². The molecule has 3 aromatic rings. The molecule has 0 unspecified atom stereocenters. The van der Waals surface area contributed by atoms with E-state index in [0.717, 1.165) is 5.56 Å². The number of hydrogen-bond acceptors (Lipinski definition) is 4. The number of aryl methyl sites for hydroxylation is 1. The van der Waals surface area contributed by atoms with Gasteiger partial charge in [-0.3, -0.25) is 14.6 Å². The van der Waals surface area contributed by atoms with E-state index < -0.39 is 5.91 Å². The number of nitrogens with zero attached hydrogens (tertiary/aromatic N) is 1. The van der Waals surface area contributed by atoms with Crippen LogP contribution in [0.3, 0.4) is 0 Å². The second-order valence-electron chi connectivity index (χ2n) is 5.67. The van der Waals surface area contributed by atoms with Gasteiger partial charge in [-0.1, -0.05) is 0 Å². The molecule has 0 aliphatic rings. The molecular weight excluding hydrogens is 330 g/mol. The van der Waals surface area contributed by atoms with E-state index in [2.05, 4.69) is 10.3 Å². The lowest BCUT2D eigenvalue weighted by Gasteiger charge is -2.11. The van der Waals surface area contributed by atoms with Crippen molar-refractivity contribution in [3.05, 3.63) is 83.7 Å². The molecule has 0 spiro atoms. The second kappa shape index (κ2) is 7.48. The van der Waals surface area contributed by atoms with Crippen LogP contribution in [-0.4, -0.2) is 16.8 Å². The number of carbonyl (C=O) groups is 2. The number of aromatic nitrogens is 1. The molecule has 2 amide bonds. The van der Waals surface area contributed by atoms with Gasteiger partial charge in [-0.2, -0.15) is 0 Å². The van der Waals surface area contributed by atoms with Crippen LogP contribution in [0.2, 0.25) is 0 Å². The highest BCUT2D eigenvalue weighted by atomic mass is 16.5. The number of carbonyl (C=O) groups excluding carboxylic acids is 2. The minimum absolute atomic E-state index is 0.277. The Hall–Kier alpha value is -3.67. The Morgan fingerprint density at radius 2 is 1.77 bits per heavy atom. The molecule has 1 heterocycles. The molecule has 3 rings (SSSR count).